The molecule has 0 aromatic carbocycles. The second-order valence-corrected chi connectivity index (χ2v) is 16.6. The molecular weight excluding hydrogens is 883 g/mol. The summed E-state index contributed by atoms with van der Waals surface area (Å²) in [7, 11) is 0. The summed E-state index contributed by atoms with van der Waals surface area (Å²) >= 11 is 0. The van der Waals surface area contributed by atoms with E-state index >= 15 is 0 Å². The minimum atomic E-state index is -1.09. The number of nitrogens with two attached hydrogens (primary N) is 1. The number of unbranched alkanes of at least 4 members (excludes halogenated alkanes) is 14. The standard InChI is InChI=1S/C28H48N6O10.C20H39NO3/c1-2-41-9-11-43-19-27(38)33-7-8-42-10-12-44-18-26(37)32-6-4-3-5-21(25(36)16-30-17-28(39)40)13-24(35)23(29)14-22-15-31-20-34-22;1-2-21-19(22)17-15-13-11-9-7-5-3-4-6-8-10-12-14-16-18-20(23)24/h15,20-21,23,30H,2-14,16-19,29H2,1H3,(H,31,34)(H,32,37)(H,33,38)(H,39,40);2-18H2,1H3,(H,21,22)(H,23,24)/t21-,23+;/m1./s1. The number of carboxylic acids is 2. The van der Waals surface area contributed by atoms with Crippen LogP contribution in [-0.4, -0.2) is 153 Å². The number of amides is 3. The Morgan fingerprint density at radius 3 is 1.68 bits per heavy atom. The fraction of sp³-hybridized carbons (Fsp3) is 0.792. The Labute approximate surface area is 404 Å². The number of carboxylic acid groups (broad SMARTS) is 2. The number of hydrogen-bond acceptors (Lipinski definition) is 14. The zero-order chi connectivity index (χ0) is 50.3. The molecule has 0 unspecified atom stereocenters. The molecule has 0 saturated carbocycles. The van der Waals surface area contributed by atoms with E-state index in [1.54, 1.807) is 6.20 Å². The molecule has 0 bridgehead atoms. The first kappa shape index (κ1) is 63.7. The van der Waals surface area contributed by atoms with Crippen LogP contribution in [0.15, 0.2) is 12.5 Å². The van der Waals surface area contributed by atoms with Crippen molar-refractivity contribution in [1.29, 1.82) is 0 Å². The van der Waals surface area contributed by atoms with Crippen molar-refractivity contribution in [2.75, 3.05) is 85.6 Å². The first-order valence-corrected chi connectivity index (χ1v) is 24.9. The first-order valence-electron chi connectivity index (χ1n) is 24.9. The number of H-pyrrole nitrogens is 1. The van der Waals surface area contributed by atoms with Crippen molar-refractivity contribution in [3.63, 3.8) is 0 Å². The molecule has 3 amide bonds. The Morgan fingerprint density at radius 1 is 0.603 bits per heavy atom. The van der Waals surface area contributed by atoms with Crippen LogP contribution in [0.4, 0.5) is 0 Å². The highest BCUT2D eigenvalue weighted by atomic mass is 16.5. The number of hydrogen-bond donors (Lipinski definition) is 8. The smallest absolute Gasteiger partial charge is 0.317 e. The van der Waals surface area contributed by atoms with Gasteiger partial charge in [-0.25, -0.2) is 4.98 Å². The highest BCUT2D eigenvalue weighted by Crippen LogP contribution is 2.17. The Balaban J connectivity index is 0.00000158. The number of aromatic nitrogens is 2. The van der Waals surface area contributed by atoms with Gasteiger partial charge in [0.1, 0.15) is 19.0 Å². The molecule has 0 fully saturated rings. The van der Waals surface area contributed by atoms with Gasteiger partial charge in [0, 0.05) is 69.7 Å². The number of nitrogens with zero attached hydrogens (tertiary/aromatic N) is 1. The van der Waals surface area contributed by atoms with Gasteiger partial charge in [0.2, 0.25) is 17.7 Å². The molecule has 392 valence electrons. The van der Waals surface area contributed by atoms with E-state index in [1.165, 1.54) is 77.0 Å². The summed E-state index contributed by atoms with van der Waals surface area (Å²) in [6.45, 7) is 6.70. The van der Waals surface area contributed by atoms with Crippen molar-refractivity contribution < 1.29 is 62.7 Å². The lowest BCUT2D eigenvalue weighted by atomic mass is 9.89. The molecule has 0 saturated heterocycles. The predicted molar refractivity (Wildman–Crippen MR) is 258 cm³/mol. The van der Waals surface area contributed by atoms with Gasteiger partial charge in [-0.15, -0.1) is 0 Å². The van der Waals surface area contributed by atoms with Gasteiger partial charge in [-0.05, 0) is 39.5 Å². The van der Waals surface area contributed by atoms with Gasteiger partial charge in [0.15, 0.2) is 5.78 Å². The average molecular weight is 970 g/mol. The minimum Gasteiger partial charge on any atom is -0.481 e. The van der Waals surface area contributed by atoms with E-state index < -0.39 is 23.9 Å². The number of imidazole rings is 1. The van der Waals surface area contributed by atoms with Crippen LogP contribution in [0, 0.1) is 5.92 Å². The van der Waals surface area contributed by atoms with Crippen LogP contribution in [0.25, 0.3) is 0 Å². The maximum absolute atomic E-state index is 12.7. The van der Waals surface area contributed by atoms with Gasteiger partial charge >= 0.3 is 11.9 Å². The monoisotopic (exact) mass is 970 g/mol. The van der Waals surface area contributed by atoms with Gasteiger partial charge < -0.3 is 61.1 Å². The van der Waals surface area contributed by atoms with Crippen LogP contribution in [0.3, 0.4) is 0 Å². The number of Topliss-reactive ketones (excluding diaryl/α,β-unsaturated/α-hetero) is 2. The number of ether oxygens (including phenoxy) is 4. The van der Waals surface area contributed by atoms with Crippen LogP contribution >= 0.6 is 0 Å². The lowest BCUT2D eigenvalue weighted by Gasteiger charge is -2.18. The summed E-state index contributed by atoms with van der Waals surface area (Å²) in [6.07, 6.45) is 22.9. The lowest BCUT2D eigenvalue weighted by molar-refractivity contribution is -0.137. The normalized spacial score (nSPS) is 11.8. The zero-order valence-corrected chi connectivity index (χ0v) is 41.3. The van der Waals surface area contributed by atoms with Crippen LogP contribution in [0.2, 0.25) is 0 Å². The van der Waals surface area contributed by atoms with E-state index in [2.05, 4.69) is 31.2 Å². The van der Waals surface area contributed by atoms with Crippen molar-refractivity contribution >= 4 is 41.2 Å². The van der Waals surface area contributed by atoms with Crippen molar-refractivity contribution in [3.8, 4) is 0 Å². The number of carbonyl (C=O) groups is 7. The molecule has 0 aliphatic heterocycles. The molecule has 1 heterocycles. The fourth-order valence-corrected chi connectivity index (χ4v) is 6.84. The third kappa shape index (κ3) is 43.0. The Morgan fingerprint density at radius 2 is 1.15 bits per heavy atom. The van der Waals surface area contributed by atoms with Crippen molar-refractivity contribution in [2.24, 2.45) is 11.7 Å². The molecule has 20 heteroatoms. The van der Waals surface area contributed by atoms with Crippen LogP contribution in [0.1, 0.15) is 148 Å². The molecule has 1 aromatic rings. The summed E-state index contributed by atoms with van der Waals surface area (Å²) in [5, 5.41) is 28.1. The third-order valence-electron chi connectivity index (χ3n) is 10.6. The van der Waals surface area contributed by atoms with Crippen LogP contribution in [-0.2, 0) is 58.9 Å². The quantitative estimate of drug-likeness (QED) is 0.0428. The molecule has 2 atom stereocenters. The Kier molecular flexibility index (Phi) is 43.4. The van der Waals surface area contributed by atoms with E-state index in [0.717, 1.165) is 25.8 Å². The Bertz CT molecular complexity index is 1450. The molecule has 68 heavy (non-hydrogen) atoms. The number of aromatic amines is 1. The molecule has 9 N–H and O–H groups in total. The van der Waals surface area contributed by atoms with Gasteiger partial charge in [0.25, 0.3) is 0 Å². The molecule has 0 spiro atoms. The Hall–Kier alpha value is -4.34. The summed E-state index contributed by atoms with van der Waals surface area (Å²) in [6, 6.07) is -0.801. The second kappa shape index (κ2) is 46.4. The molecule has 20 nitrogen and oxygen atoms in total. The summed E-state index contributed by atoms with van der Waals surface area (Å²) in [5.41, 5.74) is 6.74. The molecule has 0 radical (unpaired) electrons. The van der Waals surface area contributed by atoms with E-state index in [1.807, 2.05) is 13.8 Å². The topological polar surface area (TPSA) is 300 Å². The second-order valence-electron chi connectivity index (χ2n) is 16.6. The first-order chi connectivity index (χ1) is 32.9. The van der Waals surface area contributed by atoms with E-state index in [0.29, 0.717) is 77.3 Å². The number of rotatable bonds is 47. The number of aliphatic carboxylic acids is 2. The molecule has 1 aromatic heterocycles. The number of carbonyl (C=O) groups excluding carboxylic acids is 5. The lowest BCUT2D eigenvalue weighted by Crippen LogP contribution is -2.37. The van der Waals surface area contributed by atoms with Crippen LogP contribution in [0.5, 0.6) is 0 Å². The maximum Gasteiger partial charge on any atom is 0.317 e. The third-order valence-corrected chi connectivity index (χ3v) is 10.6. The van der Waals surface area contributed by atoms with Crippen molar-refractivity contribution in [1.82, 2.24) is 31.2 Å². The SMILES string of the molecule is CCNC(=O)CCCCCCCCCCCCCCCCC(=O)O.CCOCCOCC(=O)NCCOCCOCC(=O)NCCCC[C@H](CC(=O)[C@@H](N)Cc1cnc[nH]1)C(=O)CNCC(=O)O. The largest absolute Gasteiger partial charge is 0.481 e. The molecule has 1 rings (SSSR count). The van der Waals surface area contributed by atoms with Crippen LogP contribution < -0.4 is 27.0 Å². The number of nitrogens with one attached hydrogen (secondary N) is 5. The molecule has 0 aliphatic carbocycles. The van der Waals surface area contributed by atoms with Gasteiger partial charge in [-0.3, -0.25) is 33.6 Å². The maximum atomic E-state index is 12.7. The molecular formula is C48H87N7O13. The highest BCUT2D eigenvalue weighted by Gasteiger charge is 2.25. The predicted octanol–water partition coefficient (Wildman–Crippen LogP) is 4.04. The van der Waals surface area contributed by atoms with Crippen molar-refractivity contribution in [3.05, 3.63) is 18.2 Å². The fourth-order valence-electron chi connectivity index (χ4n) is 6.84. The summed E-state index contributed by atoms with van der Waals surface area (Å²) in [5.74, 6) is -3.26. The minimum absolute atomic E-state index is 0.0439. The zero-order valence-electron chi connectivity index (χ0n) is 41.3. The summed E-state index contributed by atoms with van der Waals surface area (Å²) < 4.78 is 20.9. The van der Waals surface area contributed by atoms with E-state index in [4.69, 9.17) is 34.9 Å². The highest BCUT2D eigenvalue weighted by molar-refractivity contribution is 5.91. The van der Waals surface area contributed by atoms with Gasteiger partial charge in [-0.1, -0.05) is 83.5 Å². The average Bonchev–Trinajstić information content (AvgIpc) is 3.82. The van der Waals surface area contributed by atoms with Gasteiger partial charge in [0.05, 0.1) is 58.5 Å². The summed E-state index contributed by atoms with van der Waals surface area (Å²) in [4.78, 5) is 88.2. The van der Waals surface area contributed by atoms with Crippen molar-refractivity contribution in [2.45, 2.75) is 155 Å². The molecule has 0 aliphatic rings. The van der Waals surface area contributed by atoms with Gasteiger partial charge in [-0.2, -0.15) is 0 Å². The number of ketones is 2. The van der Waals surface area contributed by atoms with E-state index in [9.17, 15) is 33.6 Å². The van der Waals surface area contributed by atoms with E-state index in [-0.39, 0.29) is 81.6 Å².